The van der Waals surface area contributed by atoms with Crippen molar-refractivity contribution in [3.63, 3.8) is 0 Å². The molecule has 0 fully saturated rings. The van der Waals surface area contributed by atoms with Crippen molar-refractivity contribution in [3.8, 4) is 0 Å². The van der Waals surface area contributed by atoms with E-state index >= 15 is 0 Å². The molecular weight excluding hydrogens is 252 g/mol. The second-order valence-corrected chi connectivity index (χ2v) is 4.97. The van der Waals surface area contributed by atoms with Gasteiger partial charge in [-0.1, -0.05) is 50.5 Å². The van der Waals surface area contributed by atoms with Gasteiger partial charge in [-0.2, -0.15) is 0 Å². The summed E-state index contributed by atoms with van der Waals surface area (Å²) >= 11 is 11.0. The van der Waals surface area contributed by atoms with Crippen molar-refractivity contribution in [2.75, 3.05) is 11.9 Å². The maximum Gasteiger partial charge on any atom is 0.105 e. The van der Waals surface area contributed by atoms with Gasteiger partial charge >= 0.3 is 0 Å². The lowest BCUT2D eigenvalue weighted by molar-refractivity contribution is 0.519. The van der Waals surface area contributed by atoms with Gasteiger partial charge in [0.25, 0.3) is 0 Å². The first-order chi connectivity index (χ1) is 8.08. The van der Waals surface area contributed by atoms with E-state index in [9.17, 15) is 0 Å². The van der Waals surface area contributed by atoms with E-state index in [0.717, 1.165) is 17.8 Å². The zero-order chi connectivity index (χ0) is 12.8. The maximum absolute atomic E-state index is 6.10. The first-order valence-corrected chi connectivity index (χ1v) is 6.70. The molecule has 0 aliphatic rings. The van der Waals surface area contributed by atoms with Gasteiger partial charge in [0.05, 0.1) is 5.02 Å². The molecule has 0 saturated carbocycles. The molecular formula is C13H19ClN2S. The number of halogens is 1. The minimum atomic E-state index is 0.335. The lowest BCUT2D eigenvalue weighted by Gasteiger charge is -2.15. The normalized spacial score (nSPS) is 10.6. The Kier molecular flexibility index (Phi) is 5.72. The fourth-order valence-electron chi connectivity index (χ4n) is 1.66. The topological polar surface area (TPSA) is 38.0 Å². The molecule has 2 nitrogen and oxygen atoms in total. The van der Waals surface area contributed by atoms with Crippen LogP contribution in [0.15, 0.2) is 18.2 Å². The first kappa shape index (κ1) is 14.3. The van der Waals surface area contributed by atoms with Crippen LogP contribution in [0.4, 0.5) is 5.69 Å². The van der Waals surface area contributed by atoms with E-state index in [0.29, 0.717) is 15.9 Å². The van der Waals surface area contributed by atoms with Gasteiger partial charge in [-0.15, -0.1) is 0 Å². The van der Waals surface area contributed by atoms with Gasteiger partial charge in [-0.05, 0) is 24.1 Å². The Morgan fingerprint density at radius 3 is 2.53 bits per heavy atom. The van der Waals surface area contributed by atoms with E-state index in [1.54, 1.807) is 0 Å². The van der Waals surface area contributed by atoms with Crippen LogP contribution in [0.5, 0.6) is 0 Å². The second-order valence-electron chi connectivity index (χ2n) is 4.12. The smallest absolute Gasteiger partial charge is 0.105 e. The molecule has 0 unspecified atom stereocenters. The lowest BCUT2D eigenvalue weighted by atomic mass is 10.0. The SMILES string of the molecule is CCC(CC)CNc1ccc(C(N)=S)c(Cl)c1. The number of rotatable bonds is 6. The summed E-state index contributed by atoms with van der Waals surface area (Å²) < 4.78 is 0. The van der Waals surface area contributed by atoms with E-state index in [-0.39, 0.29) is 0 Å². The molecule has 0 saturated heterocycles. The molecule has 17 heavy (non-hydrogen) atoms. The number of anilines is 1. The molecule has 0 aliphatic heterocycles. The molecule has 1 aromatic carbocycles. The minimum absolute atomic E-state index is 0.335. The highest BCUT2D eigenvalue weighted by molar-refractivity contribution is 7.80. The van der Waals surface area contributed by atoms with Crippen LogP contribution in [0, 0.1) is 5.92 Å². The summed E-state index contributed by atoms with van der Waals surface area (Å²) in [6.07, 6.45) is 2.37. The molecule has 0 amide bonds. The Bertz CT molecular complexity index is 389. The highest BCUT2D eigenvalue weighted by Crippen LogP contribution is 2.21. The molecule has 4 heteroatoms. The summed E-state index contributed by atoms with van der Waals surface area (Å²) in [6, 6.07) is 5.70. The van der Waals surface area contributed by atoms with E-state index in [4.69, 9.17) is 29.6 Å². The number of hydrogen-bond donors (Lipinski definition) is 2. The number of nitrogens with one attached hydrogen (secondary N) is 1. The third kappa shape index (κ3) is 4.17. The second kappa shape index (κ2) is 6.82. The average Bonchev–Trinajstić information content (AvgIpc) is 2.30. The van der Waals surface area contributed by atoms with Gasteiger partial charge in [0.2, 0.25) is 0 Å². The molecule has 0 radical (unpaired) electrons. The van der Waals surface area contributed by atoms with E-state index in [1.165, 1.54) is 12.8 Å². The van der Waals surface area contributed by atoms with Crippen molar-refractivity contribution in [1.29, 1.82) is 0 Å². The number of nitrogens with two attached hydrogens (primary N) is 1. The number of hydrogen-bond acceptors (Lipinski definition) is 2. The molecule has 1 rings (SSSR count). The lowest BCUT2D eigenvalue weighted by Crippen LogP contribution is -2.13. The van der Waals surface area contributed by atoms with Crippen LogP contribution in [-0.2, 0) is 0 Å². The highest BCUT2D eigenvalue weighted by atomic mass is 35.5. The van der Waals surface area contributed by atoms with Crippen molar-refractivity contribution >= 4 is 34.5 Å². The van der Waals surface area contributed by atoms with Crippen molar-refractivity contribution in [2.45, 2.75) is 26.7 Å². The summed E-state index contributed by atoms with van der Waals surface area (Å²) in [6.45, 7) is 5.38. The largest absolute Gasteiger partial charge is 0.389 e. The van der Waals surface area contributed by atoms with Gasteiger partial charge in [-0.3, -0.25) is 0 Å². The zero-order valence-electron chi connectivity index (χ0n) is 10.3. The molecule has 3 N–H and O–H groups in total. The highest BCUT2D eigenvalue weighted by Gasteiger charge is 2.06. The van der Waals surface area contributed by atoms with Crippen molar-refractivity contribution in [2.24, 2.45) is 11.7 Å². The number of benzene rings is 1. The molecule has 0 heterocycles. The molecule has 0 aromatic heterocycles. The van der Waals surface area contributed by atoms with Crippen molar-refractivity contribution in [1.82, 2.24) is 0 Å². The molecule has 94 valence electrons. The quantitative estimate of drug-likeness (QED) is 0.772. The third-order valence-electron chi connectivity index (χ3n) is 2.98. The molecule has 0 atom stereocenters. The Morgan fingerprint density at radius 2 is 2.06 bits per heavy atom. The standard InChI is InChI=1S/C13H19ClN2S/c1-3-9(4-2)8-16-10-5-6-11(13(15)17)12(14)7-10/h5-7,9,16H,3-4,8H2,1-2H3,(H2,15,17). The predicted molar refractivity (Wildman–Crippen MR) is 79.9 cm³/mol. The van der Waals surface area contributed by atoms with Gasteiger partial charge < -0.3 is 11.1 Å². The van der Waals surface area contributed by atoms with E-state index < -0.39 is 0 Å². The summed E-state index contributed by atoms with van der Waals surface area (Å²) in [5.41, 5.74) is 7.30. The fourth-order valence-corrected chi connectivity index (χ4v) is 2.18. The Balaban J connectivity index is 2.67. The zero-order valence-corrected chi connectivity index (χ0v) is 11.9. The van der Waals surface area contributed by atoms with Crippen molar-refractivity contribution < 1.29 is 0 Å². The average molecular weight is 271 g/mol. The molecule has 0 aliphatic carbocycles. The Morgan fingerprint density at radius 1 is 1.41 bits per heavy atom. The minimum Gasteiger partial charge on any atom is -0.389 e. The Labute approximate surface area is 114 Å². The van der Waals surface area contributed by atoms with Crippen LogP contribution in [-0.4, -0.2) is 11.5 Å². The fraction of sp³-hybridized carbons (Fsp3) is 0.462. The van der Waals surface area contributed by atoms with Crippen LogP contribution in [0.3, 0.4) is 0 Å². The van der Waals surface area contributed by atoms with Gasteiger partial charge in [0.15, 0.2) is 0 Å². The van der Waals surface area contributed by atoms with E-state index in [2.05, 4.69) is 19.2 Å². The summed E-state index contributed by atoms with van der Waals surface area (Å²) in [5, 5.41) is 3.99. The maximum atomic E-state index is 6.10. The first-order valence-electron chi connectivity index (χ1n) is 5.91. The van der Waals surface area contributed by atoms with Crippen LogP contribution >= 0.6 is 23.8 Å². The monoisotopic (exact) mass is 270 g/mol. The van der Waals surface area contributed by atoms with Crippen molar-refractivity contribution in [3.05, 3.63) is 28.8 Å². The van der Waals surface area contributed by atoms with Gasteiger partial charge in [-0.25, -0.2) is 0 Å². The predicted octanol–water partition coefficient (Wildman–Crippen LogP) is 3.82. The van der Waals surface area contributed by atoms with Gasteiger partial charge in [0.1, 0.15) is 4.99 Å². The van der Waals surface area contributed by atoms with Crippen LogP contribution in [0.25, 0.3) is 0 Å². The molecule has 1 aromatic rings. The number of thiocarbonyl (C=S) groups is 1. The summed E-state index contributed by atoms with van der Waals surface area (Å²) in [4.78, 5) is 0.335. The molecule has 0 bridgehead atoms. The third-order valence-corrected chi connectivity index (χ3v) is 3.52. The van der Waals surface area contributed by atoms with Crippen LogP contribution in [0.1, 0.15) is 32.3 Å². The van der Waals surface area contributed by atoms with Crippen LogP contribution in [0.2, 0.25) is 5.02 Å². The van der Waals surface area contributed by atoms with Gasteiger partial charge in [0, 0.05) is 17.8 Å². The van der Waals surface area contributed by atoms with Crippen LogP contribution < -0.4 is 11.1 Å². The molecule has 0 spiro atoms. The summed E-state index contributed by atoms with van der Waals surface area (Å²) in [7, 11) is 0. The van der Waals surface area contributed by atoms with E-state index in [1.807, 2.05) is 18.2 Å². The Hall–Kier alpha value is -0.800. The summed E-state index contributed by atoms with van der Waals surface area (Å²) in [5.74, 6) is 0.698.